The lowest BCUT2D eigenvalue weighted by Crippen LogP contribution is -2.49. The number of amides is 1. The topological polar surface area (TPSA) is 54.5 Å². The quantitative estimate of drug-likeness (QED) is 0.931. The zero-order valence-corrected chi connectivity index (χ0v) is 14.1. The maximum absolute atomic E-state index is 11.9. The van der Waals surface area contributed by atoms with Gasteiger partial charge in [-0.2, -0.15) is 0 Å². The Balaban J connectivity index is 1.87. The zero-order chi connectivity index (χ0) is 15.5. The van der Waals surface area contributed by atoms with Gasteiger partial charge in [0.25, 0.3) is 0 Å². The molecule has 5 nitrogen and oxygen atoms in total. The van der Waals surface area contributed by atoms with E-state index in [0.29, 0.717) is 6.04 Å². The summed E-state index contributed by atoms with van der Waals surface area (Å²) in [6, 6.07) is 0.448. The number of rotatable bonds is 3. The average Bonchev–Trinajstić information content (AvgIpc) is 2.89. The number of ether oxygens (including phenoxy) is 1. The second-order valence-electron chi connectivity index (χ2n) is 6.53. The molecule has 21 heavy (non-hydrogen) atoms. The van der Waals surface area contributed by atoms with Crippen LogP contribution in [0.5, 0.6) is 0 Å². The van der Waals surface area contributed by atoms with E-state index in [9.17, 15) is 4.79 Å². The Bertz CT molecular complexity index is 456. The highest BCUT2D eigenvalue weighted by Crippen LogP contribution is 2.25. The SMILES string of the molecule is CC(c1nccs1)N1CCCC(NC(=O)OC(C)(C)C)C1. The van der Waals surface area contributed by atoms with E-state index in [0.717, 1.165) is 30.9 Å². The Morgan fingerprint density at radius 1 is 1.57 bits per heavy atom. The lowest BCUT2D eigenvalue weighted by atomic mass is 10.0. The minimum absolute atomic E-state index is 0.149. The van der Waals surface area contributed by atoms with Gasteiger partial charge < -0.3 is 10.1 Å². The van der Waals surface area contributed by atoms with E-state index in [1.807, 2.05) is 32.3 Å². The molecule has 0 radical (unpaired) electrons. The Kier molecular flexibility index (Phi) is 5.22. The first-order chi connectivity index (χ1) is 9.85. The third-order valence-corrected chi connectivity index (χ3v) is 4.48. The van der Waals surface area contributed by atoms with Gasteiger partial charge in [-0.25, -0.2) is 9.78 Å². The predicted octanol–water partition coefficient (Wildman–Crippen LogP) is 3.19. The number of piperidine rings is 1. The average molecular weight is 311 g/mol. The first-order valence-corrected chi connectivity index (χ1v) is 8.36. The molecule has 1 N–H and O–H groups in total. The molecule has 118 valence electrons. The third kappa shape index (κ3) is 4.97. The largest absolute Gasteiger partial charge is 0.444 e. The van der Waals surface area contributed by atoms with Gasteiger partial charge in [-0.05, 0) is 47.1 Å². The number of aromatic nitrogens is 1. The van der Waals surface area contributed by atoms with Crippen molar-refractivity contribution in [2.75, 3.05) is 13.1 Å². The highest BCUT2D eigenvalue weighted by atomic mass is 32.1. The number of carbonyl (C=O) groups excluding carboxylic acids is 1. The number of nitrogens with one attached hydrogen (secondary N) is 1. The standard InChI is InChI=1S/C15H25N3O2S/c1-11(13-16-7-9-21-13)18-8-5-6-12(10-18)17-14(19)20-15(2,3)4/h7,9,11-12H,5-6,8,10H2,1-4H3,(H,17,19). The first-order valence-electron chi connectivity index (χ1n) is 7.48. The van der Waals surface area contributed by atoms with Crippen LogP contribution in [0.2, 0.25) is 0 Å². The molecule has 1 aromatic rings. The summed E-state index contributed by atoms with van der Waals surface area (Å²) in [5, 5.41) is 6.12. The molecule has 1 aliphatic rings. The van der Waals surface area contributed by atoms with Crippen molar-refractivity contribution in [1.29, 1.82) is 0 Å². The van der Waals surface area contributed by atoms with Crippen molar-refractivity contribution < 1.29 is 9.53 Å². The molecule has 2 heterocycles. The molecule has 0 spiro atoms. The normalized spacial score (nSPS) is 21.8. The molecule has 0 aromatic carbocycles. The second-order valence-corrected chi connectivity index (χ2v) is 7.45. The second kappa shape index (κ2) is 6.75. The van der Waals surface area contributed by atoms with E-state index in [2.05, 4.69) is 22.1 Å². The Labute approximate surface area is 130 Å². The molecular weight excluding hydrogens is 286 g/mol. The van der Waals surface area contributed by atoms with Crippen LogP contribution in [0.15, 0.2) is 11.6 Å². The van der Waals surface area contributed by atoms with Gasteiger partial charge in [0.15, 0.2) is 0 Å². The first kappa shape index (κ1) is 16.2. The van der Waals surface area contributed by atoms with Gasteiger partial charge >= 0.3 is 6.09 Å². The molecule has 1 aromatic heterocycles. The lowest BCUT2D eigenvalue weighted by Gasteiger charge is -2.36. The van der Waals surface area contributed by atoms with E-state index < -0.39 is 5.60 Å². The van der Waals surface area contributed by atoms with Crippen LogP contribution >= 0.6 is 11.3 Å². The van der Waals surface area contributed by atoms with Crippen LogP contribution in [0.1, 0.15) is 51.6 Å². The molecule has 2 rings (SSSR count). The minimum Gasteiger partial charge on any atom is -0.444 e. The van der Waals surface area contributed by atoms with Gasteiger partial charge in [-0.1, -0.05) is 0 Å². The summed E-state index contributed by atoms with van der Waals surface area (Å²) < 4.78 is 5.33. The molecule has 2 unspecified atom stereocenters. The van der Waals surface area contributed by atoms with Crippen molar-refractivity contribution in [3.8, 4) is 0 Å². The summed E-state index contributed by atoms with van der Waals surface area (Å²) in [6.07, 6.45) is 3.60. The molecule has 6 heteroatoms. The van der Waals surface area contributed by atoms with Gasteiger partial charge in [0, 0.05) is 24.2 Å². The van der Waals surface area contributed by atoms with E-state index in [1.165, 1.54) is 0 Å². The summed E-state index contributed by atoms with van der Waals surface area (Å²) in [5.74, 6) is 0. The van der Waals surface area contributed by atoms with Crippen LogP contribution in [-0.2, 0) is 4.74 Å². The number of hydrogen-bond donors (Lipinski definition) is 1. The molecule has 1 aliphatic heterocycles. The predicted molar refractivity (Wildman–Crippen MR) is 84.5 cm³/mol. The molecule has 2 atom stereocenters. The van der Waals surface area contributed by atoms with Crippen molar-refractivity contribution in [1.82, 2.24) is 15.2 Å². The van der Waals surface area contributed by atoms with Crippen molar-refractivity contribution >= 4 is 17.4 Å². The number of carbonyl (C=O) groups is 1. The van der Waals surface area contributed by atoms with Crippen LogP contribution in [0.3, 0.4) is 0 Å². The molecule has 1 fully saturated rings. The van der Waals surface area contributed by atoms with Gasteiger partial charge in [-0.15, -0.1) is 11.3 Å². The lowest BCUT2D eigenvalue weighted by molar-refractivity contribution is 0.0458. The maximum atomic E-state index is 11.9. The molecular formula is C15H25N3O2S. The van der Waals surface area contributed by atoms with Gasteiger partial charge in [-0.3, -0.25) is 4.90 Å². The van der Waals surface area contributed by atoms with E-state index >= 15 is 0 Å². The monoisotopic (exact) mass is 311 g/mol. The molecule has 0 saturated carbocycles. The van der Waals surface area contributed by atoms with Gasteiger partial charge in [0.05, 0.1) is 6.04 Å². The minimum atomic E-state index is -0.452. The van der Waals surface area contributed by atoms with Crippen molar-refractivity contribution in [3.63, 3.8) is 0 Å². The van der Waals surface area contributed by atoms with Gasteiger partial charge in [0.2, 0.25) is 0 Å². The van der Waals surface area contributed by atoms with E-state index in [1.54, 1.807) is 11.3 Å². The zero-order valence-electron chi connectivity index (χ0n) is 13.3. The Morgan fingerprint density at radius 2 is 2.33 bits per heavy atom. The van der Waals surface area contributed by atoms with Crippen LogP contribution in [0, 0.1) is 0 Å². The van der Waals surface area contributed by atoms with Crippen molar-refractivity contribution in [2.45, 2.75) is 58.2 Å². The number of nitrogens with zero attached hydrogens (tertiary/aromatic N) is 2. The molecule has 0 aliphatic carbocycles. The molecule has 0 bridgehead atoms. The fourth-order valence-corrected chi connectivity index (χ4v) is 3.28. The van der Waals surface area contributed by atoms with Crippen LogP contribution in [0.25, 0.3) is 0 Å². The van der Waals surface area contributed by atoms with Crippen molar-refractivity contribution in [2.24, 2.45) is 0 Å². The Morgan fingerprint density at radius 3 is 2.95 bits per heavy atom. The summed E-state index contributed by atoms with van der Waals surface area (Å²) in [5.41, 5.74) is -0.452. The highest BCUT2D eigenvalue weighted by Gasteiger charge is 2.27. The van der Waals surface area contributed by atoms with Crippen LogP contribution in [-0.4, -0.2) is 40.7 Å². The van der Waals surface area contributed by atoms with Gasteiger partial charge in [0.1, 0.15) is 10.6 Å². The van der Waals surface area contributed by atoms with Crippen LogP contribution < -0.4 is 5.32 Å². The number of thiazole rings is 1. The summed E-state index contributed by atoms with van der Waals surface area (Å²) >= 11 is 1.68. The van der Waals surface area contributed by atoms with Crippen LogP contribution in [0.4, 0.5) is 4.79 Å². The fraction of sp³-hybridized carbons (Fsp3) is 0.733. The third-order valence-electron chi connectivity index (χ3n) is 3.53. The molecule has 1 amide bonds. The maximum Gasteiger partial charge on any atom is 0.407 e. The van der Waals surface area contributed by atoms with E-state index in [-0.39, 0.29) is 12.1 Å². The summed E-state index contributed by atoms with van der Waals surface area (Å²) in [6.45, 7) is 9.71. The Hall–Kier alpha value is -1.14. The number of hydrogen-bond acceptors (Lipinski definition) is 5. The van der Waals surface area contributed by atoms with Crippen molar-refractivity contribution in [3.05, 3.63) is 16.6 Å². The number of likely N-dealkylation sites (tertiary alicyclic amines) is 1. The summed E-state index contributed by atoms with van der Waals surface area (Å²) in [4.78, 5) is 18.6. The smallest absolute Gasteiger partial charge is 0.407 e. The summed E-state index contributed by atoms with van der Waals surface area (Å²) in [7, 11) is 0. The van der Waals surface area contributed by atoms with E-state index in [4.69, 9.17) is 4.74 Å². The highest BCUT2D eigenvalue weighted by molar-refractivity contribution is 7.09. The molecule has 1 saturated heterocycles. The number of alkyl carbamates (subject to hydrolysis) is 1. The fourth-order valence-electron chi connectivity index (χ4n) is 2.55.